The molecule has 0 unspecified atom stereocenters. The van der Waals surface area contributed by atoms with E-state index >= 15 is 0 Å². The summed E-state index contributed by atoms with van der Waals surface area (Å²) in [7, 11) is 0. The summed E-state index contributed by atoms with van der Waals surface area (Å²) in [6, 6.07) is 17.5. The molecule has 0 bridgehead atoms. The molecule has 0 radical (unpaired) electrons. The Morgan fingerprint density at radius 3 is 2.62 bits per heavy atom. The lowest BCUT2D eigenvalue weighted by Gasteiger charge is -2.05. The standard InChI is InChI=1S/C20H18FNO2/c1-14-3-2-4-17(13-14)22-20(23)12-10-18-9-11-19(24-18)15-5-7-16(21)8-6-15/h2-9,11,13H,10,12H2,1H3,(H,22,23). The predicted octanol–water partition coefficient (Wildman–Crippen LogP) is 4.97. The number of anilines is 1. The van der Waals surface area contributed by atoms with Crippen molar-refractivity contribution in [2.45, 2.75) is 19.8 Å². The zero-order valence-corrected chi connectivity index (χ0v) is 13.4. The van der Waals surface area contributed by atoms with E-state index in [1.807, 2.05) is 43.3 Å². The van der Waals surface area contributed by atoms with E-state index in [0.29, 0.717) is 18.6 Å². The monoisotopic (exact) mass is 323 g/mol. The first kappa shape index (κ1) is 16.0. The number of amides is 1. The molecule has 0 aliphatic carbocycles. The molecule has 4 heteroatoms. The van der Waals surface area contributed by atoms with Gasteiger partial charge < -0.3 is 9.73 Å². The molecule has 0 aliphatic heterocycles. The van der Waals surface area contributed by atoms with E-state index in [0.717, 1.165) is 22.6 Å². The Hall–Kier alpha value is -2.88. The summed E-state index contributed by atoms with van der Waals surface area (Å²) in [5, 5.41) is 2.88. The van der Waals surface area contributed by atoms with Gasteiger partial charge in [-0.05, 0) is 61.0 Å². The molecule has 1 amide bonds. The molecule has 122 valence electrons. The van der Waals surface area contributed by atoms with Crippen molar-refractivity contribution >= 4 is 11.6 Å². The van der Waals surface area contributed by atoms with Crippen LogP contribution in [-0.4, -0.2) is 5.91 Å². The first-order valence-electron chi connectivity index (χ1n) is 7.81. The van der Waals surface area contributed by atoms with Gasteiger partial charge in [-0.15, -0.1) is 0 Å². The van der Waals surface area contributed by atoms with Gasteiger partial charge in [0.15, 0.2) is 0 Å². The molecule has 2 aromatic carbocycles. The molecular formula is C20H18FNO2. The topological polar surface area (TPSA) is 42.2 Å². The van der Waals surface area contributed by atoms with Gasteiger partial charge in [-0.25, -0.2) is 4.39 Å². The molecule has 3 rings (SSSR count). The largest absolute Gasteiger partial charge is 0.461 e. The van der Waals surface area contributed by atoms with Crippen LogP contribution < -0.4 is 5.32 Å². The maximum Gasteiger partial charge on any atom is 0.224 e. The van der Waals surface area contributed by atoms with Gasteiger partial charge in [-0.3, -0.25) is 4.79 Å². The van der Waals surface area contributed by atoms with Crippen molar-refractivity contribution in [3.05, 3.63) is 77.8 Å². The minimum atomic E-state index is -0.279. The Bertz CT molecular complexity index is 837. The van der Waals surface area contributed by atoms with Crippen LogP contribution in [0.3, 0.4) is 0 Å². The smallest absolute Gasteiger partial charge is 0.224 e. The van der Waals surface area contributed by atoms with Gasteiger partial charge in [0, 0.05) is 24.1 Å². The van der Waals surface area contributed by atoms with Crippen molar-refractivity contribution in [2.24, 2.45) is 0 Å². The Kier molecular flexibility index (Phi) is 4.75. The van der Waals surface area contributed by atoms with E-state index < -0.39 is 0 Å². The second-order valence-electron chi connectivity index (χ2n) is 5.69. The molecule has 1 aromatic heterocycles. The third kappa shape index (κ3) is 4.10. The molecule has 0 aliphatic rings. The highest BCUT2D eigenvalue weighted by Gasteiger charge is 2.08. The van der Waals surface area contributed by atoms with Crippen LogP contribution in [0.25, 0.3) is 11.3 Å². The number of furan rings is 1. The van der Waals surface area contributed by atoms with Crippen molar-refractivity contribution in [3.63, 3.8) is 0 Å². The predicted molar refractivity (Wildman–Crippen MR) is 92.2 cm³/mol. The van der Waals surface area contributed by atoms with E-state index in [2.05, 4.69) is 5.32 Å². The van der Waals surface area contributed by atoms with Crippen molar-refractivity contribution in [2.75, 3.05) is 5.32 Å². The summed E-state index contributed by atoms with van der Waals surface area (Å²) < 4.78 is 18.7. The van der Waals surface area contributed by atoms with E-state index in [4.69, 9.17) is 4.42 Å². The van der Waals surface area contributed by atoms with Gasteiger partial charge in [0.1, 0.15) is 17.3 Å². The quantitative estimate of drug-likeness (QED) is 0.720. The van der Waals surface area contributed by atoms with Crippen LogP contribution in [0.15, 0.2) is 65.1 Å². The molecule has 3 aromatic rings. The molecule has 1 N–H and O–H groups in total. The molecule has 0 fully saturated rings. The third-order valence-electron chi connectivity index (χ3n) is 3.69. The Labute approximate surface area is 140 Å². The number of halogens is 1. The van der Waals surface area contributed by atoms with E-state index in [9.17, 15) is 9.18 Å². The average molecular weight is 323 g/mol. The summed E-state index contributed by atoms with van der Waals surface area (Å²) >= 11 is 0. The van der Waals surface area contributed by atoms with Crippen molar-refractivity contribution in [1.82, 2.24) is 0 Å². The van der Waals surface area contributed by atoms with Crippen LogP contribution in [0.5, 0.6) is 0 Å². The van der Waals surface area contributed by atoms with Crippen LogP contribution in [0.2, 0.25) is 0 Å². The lowest BCUT2D eigenvalue weighted by molar-refractivity contribution is -0.116. The van der Waals surface area contributed by atoms with Gasteiger partial charge in [-0.1, -0.05) is 12.1 Å². The fourth-order valence-electron chi connectivity index (χ4n) is 2.46. The summed E-state index contributed by atoms with van der Waals surface area (Å²) in [5.41, 5.74) is 2.71. The number of carbonyl (C=O) groups excluding carboxylic acids is 1. The number of aryl methyl sites for hydroxylation is 2. The molecule has 0 saturated carbocycles. The highest BCUT2D eigenvalue weighted by Crippen LogP contribution is 2.23. The van der Waals surface area contributed by atoms with E-state index in [1.54, 1.807) is 12.1 Å². The molecule has 24 heavy (non-hydrogen) atoms. The number of rotatable bonds is 5. The van der Waals surface area contributed by atoms with Crippen LogP contribution >= 0.6 is 0 Å². The first-order valence-corrected chi connectivity index (χ1v) is 7.81. The van der Waals surface area contributed by atoms with Crippen molar-refractivity contribution in [1.29, 1.82) is 0 Å². The number of hydrogen-bond donors (Lipinski definition) is 1. The van der Waals surface area contributed by atoms with E-state index in [-0.39, 0.29) is 11.7 Å². The summed E-state index contributed by atoms with van der Waals surface area (Å²) in [6.45, 7) is 1.98. The minimum absolute atomic E-state index is 0.0552. The fraction of sp³-hybridized carbons (Fsp3) is 0.150. The van der Waals surface area contributed by atoms with Gasteiger partial charge in [0.25, 0.3) is 0 Å². The first-order chi connectivity index (χ1) is 11.6. The number of hydrogen-bond acceptors (Lipinski definition) is 2. The number of benzene rings is 2. The van der Waals surface area contributed by atoms with Crippen molar-refractivity contribution in [3.8, 4) is 11.3 Å². The van der Waals surface area contributed by atoms with Gasteiger partial charge >= 0.3 is 0 Å². The van der Waals surface area contributed by atoms with Crippen LogP contribution in [0, 0.1) is 12.7 Å². The van der Waals surface area contributed by atoms with Crippen molar-refractivity contribution < 1.29 is 13.6 Å². The Balaban J connectivity index is 1.57. The lowest BCUT2D eigenvalue weighted by atomic mass is 10.2. The number of nitrogens with one attached hydrogen (secondary N) is 1. The van der Waals surface area contributed by atoms with Gasteiger partial charge in [-0.2, -0.15) is 0 Å². The number of carbonyl (C=O) groups is 1. The summed E-state index contributed by atoms with van der Waals surface area (Å²) in [5.74, 6) is 1.07. The summed E-state index contributed by atoms with van der Waals surface area (Å²) in [4.78, 5) is 12.0. The maximum atomic E-state index is 12.9. The lowest BCUT2D eigenvalue weighted by Crippen LogP contribution is -2.12. The van der Waals surface area contributed by atoms with Crippen LogP contribution in [0.1, 0.15) is 17.7 Å². The van der Waals surface area contributed by atoms with E-state index in [1.165, 1.54) is 12.1 Å². The molecule has 0 atom stereocenters. The van der Waals surface area contributed by atoms with Crippen LogP contribution in [-0.2, 0) is 11.2 Å². The average Bonchev–Trinajstić information content (AvgIpc) is 3.03. The summed E-state index contributed by atoms with van der Waals surface area (Å²) in [6.07, 6.45) is 0.850. The van der Waals surface area contributed by atoms with Gasteiger partial charge in [0.2, 0.25) is 5.91 Å². The van der Waals surface area contributed by atoms with Crippen LogP contribution in [0.4, 0.5) is 10.1 Å². The second kappa shape index (κ2) is 7.13. The SMILES string of the molecule is Cc1cccc(NC(=O)CCc2ccc(-c3ccc(F)cc3)o2)c1. The normalized spacial score (nSPS) is 10.6. The highest BCUT2D eigenvalue weighted by molar-refractivity contribution is 5.90. The molecule has 1 heterocycles. The fourth-order valence-corrected chi connectivity index (χ4v) is 2.46. The second-order valence-corrected chi connectivity index (χ2v) is 5.69. The zero-order chi connectivity index (χ0) is 16.9. The van der Waals surface area contributed by atoms with Gasteiger partial charge in [0.05, 0.1) is 0 Å². The maximum absolute atomic E-state index is 12.9. The highest BCUT2D eigenvalue weighted by atomic mass is 19.1. The molecule has 0 spiro atoms. The minimum Gasteiger partial charge on any atom is -0.461 e. The zero-order valence-electron chi connectivity index (χ0n) is 13.4. The molecule has 3 nitrogen and oxygen atoms in total. The Morgan fingerprint density at radius 2 is 1.88 bits per heavy atom. The molecule has 0 saturated heterocycles. The molecular weight excluding hydrogens is 305 g/mol. The Morgan fingerprint density at radius 1 is 1.08 bits per heavy atom. The third-order valence-corrected chi connectivity index (χ3v) is 3.69.